The molecule has 0 aromatic carbocycles. The average molecular weight is 217 g/mol. The van der Waals surface area contributed by atoms with Crippen LogP contribution >= 0.6 is 0 Å². The van der Waals surface area contributed by atoms with Crippen molar-refractivity contribution in [2.75, 3.05) is 5.32 Å². The molecule has 1 aromatic heterocycles. The summed E-state index contributed by atoms with van der Waals surface area (Å²) in [6, 6.07) is 5.25. The predicted molar refractivity (Wildman–Crippen MR) is 56.8 cm³/mol. The van der Waals surface area contributed by atoms with Crippen molar-refractivity contribution in [2.45, 2.75) is 24.8 Å². The number of pyridine rings is 1. The maximum Gasteiger partial charge on any atom is 0.329 e. The first-order valence-electron chi connectivity index (χ1n) is 5.05. The zero-order chi connectivity index (χ0) is 11.6. The smallest absolute Gasteiger partial charge is 0.329 e. The van der Waals surface area contributed by atoms with Gasteiger partial charge in [0.25, 0.3) is 0 Å². The molecule has 16 heavy (non-hydrogen) atoms. The summed E-state index contributed by atoms with van der Waals surface area (Å²) in [5.74, 6) is -0.527. The molecule has 0 amide bonds. The predicted octanol–water partition coefficient (Wildman–Crippen LogP) is 1.37. The van der Waals surface area contributed by atoms with E-state index < -0.39 is 11.5 Å². The highest BCUT2D eigenvalue weighted by molar-refractivity contribution is 5.84. The number of nitriles is 1. The third-order valence-corrected chi connectivity index (χ3v) is 2.90. The molecule has 1 aliphatic carbocycles. The van der Waals surface area contributed by atoms with E-state index in [9.17, 15) is 4.79 Å². The van der Waals surface area contributed by atoms with E-state index in [1.54, 1.807) is 12.1 Å². The van der Waals surface area contributed by atoms with Crippen LogP contribution in [0.1, 0.15) is 24.8 Å². The molecule has 2 rings (SSSR count). The summed E-state index contributed by atoms with van der Waals surface area (Å²) >= 11 is 0. The molecule has 1 aromatic rings. The molecule has 0 radical (unpaired) electrons. The minimum Gasteiger partial charge on any atom is -0.480 e. The highest BCUT2D eigenvalue weighted by Crippen LogP contribution is 2.35. The normalized spacial score (nSPS) is 16.9. The highest BCUT2D eigenvalue weighted by Gasteiger charge is 2.45. The summed E-state index contributed by atoms with van der Waals surface area (Å²) in [4.78, 5) is 15.1. The quantitative estimate of drug-likeness (QED) is 0.798. The summed E-state index contributed by atoms with van der Waals surface area (Å²) in [7, 11) is 0. The summed E-state index contributed by atoms with van der Waals surface area (Å²) in [6.07, 6.45) is 3.57. The van der Waals surface area contributed by atoms with Gasteiger partial charge in [0, 0.05) is 6.20 Å². The molecular weight excluding hydrogens is 206 g/mol. The van der Waals surface area contributed by atoms with Crippen LogP contribution in [0.4, 0.5) is 5.82 Å². The van der Waals surface area contributed by atoms with E-state index in [-0.39, 0.29) is 0 Å². The summed E-state index contributed by atoms with van der Waals surface area (Å²) < 4.78 is 0. The van der Waals surface area contributed by atoms with Crippen LogP contribution in [0.15, 0.2) is 18.3 Å². The fourth-order valence-corrected chi connectivity index (χ4v) is 1.74. The van der Waals surface area contributed by atoms with Crippen LogP contribution in [0, 0.1) is 11.3 Å². The number of carbonyl (C=O) groups is 1. The Labute approximate surface area is 92.7 Å². The van der Waals surface area contributed by atoms with E-state index in [1.807, 2.05) is 6.07 Å². The van der Waals surface area contributed by atoms with Crippen LogP contribution in [-0.4, -0.2) is 21.6 Å². The van der Waals surface area contributed by atoms with Gasteiger partial charge in [-0.25, -0.2) is 9.78 Å². The number of nitrogens with zero attached hydrogens (tertiary/aromatic N) is 2. The number of anilines is 1. The molecule has 5 nitrogen and oxygen atoms in total. The molecule has 2 N–H and O–H groups in total. The van der Waals surface area contributed by atoms with Crippen molar-refractivity contribution in [1.29, 1.82) is 5.26 Å². The molecule has 5 heteroatoms. The lowest BCUT2D eigenvalue weighted by Crippen LogP contribution is -2.52. The second kappa shape index (κ2) is 3.81. The minimum atomic E-state index is -0.931. The maximum absolute atomic E-state index is 11.1. The van der Waals surface area contributed by atoms with E-state index in [4.69, 9.17) is 10.4 Å². The summed E-state index contributed by atoms with van der Waals surface area (Å²) in [5.41, 5.74) is -0.560. The van der Waals surface area contributed by atoms with Gasteiger partial charge in [-0.2, -0.15) is 5.26 Å². The molecule has 1 fully saturated rings. The van der Waals surface area contributed by atoms with Crippen LogP contribution in [0.5, 0.6) is 0 Å². The van der Waals surface area contributed by atoms with Crippen LogP contribution in [-0.2, 0) is 4.79 Å². The lowest BCUT2D eigenvalue weighted by molar-refractivity contribution is -0.145. The van der Waals surface area contributed by atoms with Gasteiger partial charge >= 0.3 is 5.97 Å². The van der Waals surface area contributed by atoms with Gasteiger partial charge in [-0.3, -0.25) is 0 Å². The Morgan fingerprint density at radius 2 is 2.38 bits per heavy atom. The van der Waals surface area contributed by atoms with E-state index >= 15 is 0 Å². The van der Waals surface area contributed by atoms with Gasteiger partial charge in [-0.05, 0) is 31.4 Å². The number of carboxylic acid groups (broad SMARTS) is 1. The van der Waals surface area contributed by atoms with Crippen molar-refractivity contribution in [2.24, 2.45) is 0 Å². The zero-order valence-electron chi connectivity index (χ0n) is 8.60. The Hall–Kier alpha value is -2.09. The number of hydrogen-bond acceptors (Lipinski definition) is 4. The molecule has 1 saturated carbocycles. The van der Waals surface area contributed by atoms with Crippen molar-refractivity contribution in [3.05, 3.63) is 23.9 Å². The standard InChI is InChI=1S/C11H11N3O2/c12-7-8-3-1-6-13-9(8)14-11(10(15)16)4-2-5-11/h1,3,6H,2,4-5H2,(H,13,14)(H,15,16). The molecule has 1 heterocycles. The van der Waals surface area contributed by atoms with Crippen LogP contribution in [0.2, 0.25) is 0 Å². The number of hydrogen-bond donors (Lipinski definition) is 2. The van der Waals surface area contributed by atoms with Gasteiger partial charge < -0.3 is 10.4 Å². The van der Waals surface area contributed by atoms with Crippen molar-refractivity contribution < 1.29 is 9.90 Å². The van der Waals surface area contributed by atoms with Gasteiger partial charge in [-0.15, -0.1) is 0 Å². The molecule has 82 valence electrons. The first-order chi connectivity index (χ1) is 7.68. The van der Waals surface area contributed by atoms with E-state index in [0.717, 1.165) is 6.42 Å². The topological polar surface area (TPSA) is 86.0 Å². The molecule has 0 saturated heterocycles. The number of carboxylic acids is 1. The third kappa shape index (κ3) is 1.58. The van der Waals surface area contributed by atoms with Crippen LogP contribution < -0.4 is 5.32 Å². The number of aromatic nitrogens is 1. The maximum atomic E-state index is 11.1. The van der Waals surface area contributed by atoms with Gasteiger partial charge in [0.15, 0.2) is 0 Å². The highest BCUT2D eigenvalue weighted by atomic mass is 16.4. The largest absolute Gasteiger partial charge is 0.480 e. The second-order valence-corrected chi connectivity index (χ2v) is 3.88. The second-order valence-electron chi connectivity index (χ2n) is 3.88. The Balaban J connectivity index is 2.27. The average Bonchev–Trinajstić information content (AvgIpc) is 2.23. The van der Waals surface area contributed by atoms with Gasteiger partial charge in [0.05, 0.1) is 5.56 Å². The van der Waals surface area contributed by atoms with Crippen LogP contribution in [0.3, 0.4) is 0 Å². The Morgan fingerprint density at radius 1 is 1.62 bits per heavy atom. The molecule has 0 aliphatic heterocycles. The molecule has 0 spiro atoms. The van der Waals surface area contributed by atoms with Crippen molar-refractivity contribution in [1.82, 2.24) is 4.98 Å². The van der Waals surface area contributed by atoms with Crippen molar-refractivity contribution in [3.8, 4) is 6.07 Å². The van der Waals surface area contributed by atoms with E-state index in [2.05, 4.69) is 10.3 Å². The number of aliphatic carboxylic acids is 1. The molecule has 0 atom stereocenters. The lowest BCUT2D eigenvalue weighted by atomic mass is 9.76. The number of nitrogens with one attached hydrogen (secondary N) is 1. The zero-order valence-corrected chi connectivity index (χ0v) is 8.60. The van der Waals surface area contributed by atoms with Gasteiger partial charge in [-0.1, -0.05) is 0 Å². The van der Waals surface area contributed by atoms with Crippen molar-refractivity contribution >= 4 is 11.8 Å². The fraction of sp³-hybridized carbons (Fsp3) is 0.364. The molecule has 0 bridgehead atoms. The minimum absolute atomic E-state index is 0.354. The monoisotopic (exact) mass is 217 g/mol. The van der Waals surface area contributed by atoms with E-state index in [0.29, 0.717) is 24.2 Å². The molecule has 0 unspecified atom stereocenters. The molecular formula is C11H11N3O2. The van der Waals surface area contributed by atoms with Gasteiger partial charge in [0.2, 0.25) is 0 Å². The Kier molecular flexibility index (Phi) is 2.49. The van der Waals surface area contributed by atoms with Crippen molar-refractivity contribution in [3.63, 3.8) is 0 Å². The summed E-state index contributed by atoms with van der Waals surface area (Å²) in [5, 5.41) is 20.9. The Morgan fingerprint density at radius 3 is 2.88 bits per heavy atom. The SMILES string of the molecule is N#Cc1cccnc1NC1(C(=O)O)CCC1. The van der Waals surface area contributed by atoms with E-state index in [1.165, 1.54) is 6.20 Å². The molecule has 1 aliphatic rings. The summed E-state index contributed by atoms with van der Waals surface area (Å²) in [6.45, 7) is 0. The number of rotatable bonds is 3. The first kappa shape index (κ1) is 10.4. The fourth-order valence-electron chi connectivity index (χ4n) is 1.74. The first-order valence-corrected chi connectivity index (χ1v) is 5.05. The Bertz CT molecular complexity index is 461. The van der Waals surface area contributed by atoms with Crippen LogP contribution in [0.25, 0.3) is 0 Å². The van der Waals surface area contributed by atoms with Gasteiger partial charge in [0.1, 0.15) is 17.4 Å². The third-order valence-electron chi connectivity index (χ3n) is 2.90. The lowest BCUT2D eigenvalue weighted by Gasteiger charge is -2.38.